The number of fused-ring (bicyclic) bond motifs is 1. The van der Waals surface area contributed by atoms with Gasteiger partial charge in [0, 0.05) is 19.2 Å². The van der Waals surface area contributed by atoms with E-state index in [1.54, 1.807) is 7.11 Å². The summed E-state index contributed by atoms with van der Waals surface area (Å²) in [5.74, 6) is 1.62. The van der Waals surface area contributed by atoms with Gasteiger partial charge in [-0.2, -0.15) is 5.10 Å². The molecule has 2 heterocycles. The van der Waals surface area contributed by atoms with Gasteiger partial charge < -0.3 is 10.1 Å². The molecule has 0 aliphatic carbocycles. The zero-order valence-electron chi connectivity index (χ0n) is 13.7. The average Bonchev–Trinajstić information content (AvgIpc) is 2.71. The van der Waals surface area contributed by atoms with Crippen LogP contribution < -0.4 is 5.32 Å². The Labute approximate surface area is 132 Å². The summed E-state index contributed by atoms with van der Waals surface area (Å²) in [5, 5.41) is 8.45. The Morgan fingerprint density at radius 3 is 2.86 bits per heavy atom. The van der Waals surface area contributed by atoms with Crippen LogP contribution in [0.1, 0.15) is 49.4 Å². The minimum atomic E-state index is 0.465. The molecule has 0 amide bonds. The van der Waals surface area contributed by atoms with E-state index >= 15 is 0 Å². The van der Waals surface area contributed by atoms with Crippen molar-refractivity contribution in [2.24, 2.45) is 0 Å². The van der Waals surface area contributed by atoms with Crippen molar-refractivity contribution in [2.45, 2.75) is 45.6 Å². The van der Waals surface area contributed by atoms with Gasteiger partial charge >= 0.3 is 0 Å². The van der Waals surface area contributed by atoms with Gasteiger partial charge in [-0.05, 0) is 36.8 Å². The molecule has 1 aromatic heterocycles. The molecule has 0 unspecified atom stereocenters. The largest absolute Gasteiger partial charge is 0.378 e. The second-order valence-electron chi connectivity index (χ2n) is 6.22. The van der Waals surface area contributed by atoms with Crippen LogP contribution in [0.25, 0.3) is 5.69 Å². The number of benzene rings is 1. The number of hydrogen-bond acceptors (Lipinski definition) is 3. The minimum absolute atomic E-state index is 0.465. The molecule has 0 atom stereocenters. The summed E-state index contributed by atoms with van der Waals surface area (Å²) in [5.41, 5.74) is 4.87. The predicted octanol–water partition coefficient (Wildman–Crippen LogP) is 3.89. The number of para-hydroxylation sites is 1. The van der Waals surface area contributed by atoms with Gasteiger partial charge in [-0.1, -0.05) is 32.0 Å². The number of nitrogens with zero attached hydrogens (tertiary/aromatic N) is 2. The maximum absolute atomic E-state index is 5.36. The first-order valence-corrected chi connectivity index (χ1v) is 8.15. The first-order valence-electron chi connectivity index (χ1n) is 8.15. The number of hydrogen-bond donors (Lipinski definition) is 1. The molecule has 0 saturated heterocycles. The minimum Gasteiger partial charge on any atom is -0.378 e. The highest BCUT2D eigenvalue weighted by Crippen LogP contribution is 2.31. The van der Waals surface area contributed by atoms with Crippen LogP contribution in [0.3, 0.4) is 0 Å². The van der Waals surface area contributed by atoms with Crippen LogP contribution in [0.5, 0.6) is 0 Å². The summed E-state index contributed by atoms with van der Waals surface area (Å²) in [6.07, 6.45) is 3.48. The van der Waals surface area contributed by atoms with Gasteiger partial charge in [0.15, 0.2) is 0 Å². The molecule has 0 radical (unpaired) electrons. The second kappa shape index (κ2) is 6.53. The van der Waals surface area contributed by atoms with Crippen LogP contribution in [0.15, 0.2) is 24.3 Å². The molecule has 1 aliphatic heterocycles. The van der Waals surface area contributed by atoms with Gasteiger partial charge in [0.2, 0.25) is 0 Å². The summed E-state index contributed by atoms with van der Waals surface area (Å²) in [7, 11) is 1.73. The molecule has 0 spiro atoms. The van der Waals surface area contributed by atoms with Crippen molar-refractivity contribution in [3.8, 4) is 5.69 Å². The van der Waals surface area contributed by atoms with Gasteiger partial charge in [-0.15, -0.1) is 0 Å². The lowest BCUT2D eigenvalue weighted by Gasteiger charge is -2.15. The first kappa shape index (κ1) is 15.1. The molecule has 118 valence electrons. The molecule has 22 heavy (non-hydrogen) atoms. The first-order chi connectivity index (χ1) is 10.7. The van der Waals surface area contributed by atoms with E-state index < -0.39 is 0 Å². The average molecular weight is 299 g/mol. The lowest BCUT2D eigenvalue weighted by atomic mass is 10.0. The van der Waals surface area contributed by atoms with Crippen molar-refractivity contribution in [2.75, 3.05) is 19.0 Å². The standard InChI is InChI=1S/C18H25N3O/c1-13(2)14-8-4-5-10-17(14)21-18-15(9-6-7-11-19-18)16(20-21)12-22-3/h4-5,8,10,13,19H,6-7,9,11-12H2,1-3H3. The van der Waals surface area contributed by atoms with Gasteiger partial charge in [-0.3, -0.25) is 0 Å². The fourth-order valence-electron chi connectivity index (χ4n) is 3.17. The Hall–Kier alpha value is -1.81. The maximum Gasteiger partial charge on any atom is 0.133 e. The van der Waals surface area contributed by atoms with E-state index in [0.29, 0.717) is 12.5 Å². The summed E-state index contributed by atoms with van der Waals surface area (Å²) >= 11 is 0. The number of ether oxygens (including phenoxy) is 1. The molecule has 3 rings (SSSR count). The molecule has 1 aliphatic rings. The number of anilines is 1. The zero-order valence-corrected chi connectivity index (χ0v) is 13.7. The van der Waals surface area contributed by atoms with E-state index in [4.69, 9.17) is 9.84 Å². The van der Waals surface area contributed by atoms with Crippen molar-refractivity contribution in [1.29, 1.82) is 0 Å². The van der Waals surface area contributed by atoms with Gasteiger partial charge in [0.25, 0.3) is 0 Å². The molecule has 4 heteroatoms. The molecule has 0 saturated carbocycles. The molecular formula is C18H25N3O. The molecule has 4 nitrogen and oxygen atoms in total. The topological polar surface area (TPSA) is 39.1 Å². The van der Waals surface area contributed by atoms with E-state index in [1.165, 1.54) is 29.7 Å². The van der Waals surface area contributed by atoms with Gasteiger partial charge in [-0.25, -0.2) is 4.68 Å². The van der Waals surface area contributed by atoms with Crippen LogP contribution in [0.4, 0.5) is 5.82 Å². The number of rotatable bonds is 4. The molecule has 0 fully saturated rings. The Bertz CT molecular complexity index is 646. The van der Waals surface area contributed by atoms with Crippen LogP contribution in [0, 0.1) is 0 Å². The molecule has 1 N–H and O–H groups in total. The van der Waals surface area contributed by atoms with Crippen LogP contribution in [-0.4, -0.2) is 23.4 Å². The zero-order chi connectivity index (χ0) is 15.5. The monoisotopic (exact) mass is 299 g/mol. The lowest BCUT2D eigenvalue weighted by Crippen LogP contribution is -2.09. The van der Waals surface area contributed by atoms with E-state index in [0.717, 1.165) is 24.5 Å². The normalized spacial score (nSPS) is 14.5. The smallest absolute Gasteiger partial charge is 0.133 e. The second-order valence-corrected chi connectivity index (χ2v) is 6.22. The number of methoxy groups -OCH3 is 1. The van der Waals surface area contributed by atoms with Crippen molar-refractivity contribution in [3.05, 3.63) is 41.1 Å². The Balaban J connectivity index is 2.15. The van der Waals surface area contributed by atoms with Crippen molar-refractivity contribution >= 4 is 5.82 Å². The Morgan fingerprint density at radius 2 is 2.09 bits per heavy atom. The number of nitrogens with one attached hydrogen (secondary N) is 1. The van der Waals surface area contributed by atoms with Crippen molar-refractivity contribution < 1.29 is 4.74 Å². The molecule has 0 bridgehead atoms. The summed E-state index contributed by atoms with van der Waals surface area (Å²) in [6, 6.07) is 8.54. The predicted molar refractivity (Wildman–Crippen MR) is 89.8 cm³/mol. The lowest BCUT2D eigenvalue weighted by molar-refractivity contribution is 0.180. The van der Waals surface area contributed by atoms with Crippen LogP contribution in [-0.2, 0) is 17.8 Å². The van der Waals surface area contributed by atoms with Crippen LogP contribution in [0.2, 0.25) is 0 Å². The van der Waals surface area contributed by atoms with E-state index in [2.05, 4.69) is 48.1 Å². The summed E-state index contributed by atoms with van der Waals surface area (Å²) < 4.78 is 7.45. The van der Waals surface area contributed by atoms with Crippen LogP contribution >= 0.6 is 0 Å². The third-order valence-corrected chi connectivity index (χ3v) is 4.28. The fourth-order valence-corrected chi connectivity index (χ4v) is 3.17. The highest BCUT2D eigenvalue weighted by molar-refractivity contribution is 5.56. The Kier molecular flexibility index (Phi) is 4.48. The van der Waals surface area contributed by atoms with E-state index in [-0.39, 0.29) is 0 Å². The van der Waals surface area contributed by atoms with Gasteiger partial charge in [0.1, 0.15) is 5.82 Å². The SMILES string of the molecule is COCc1nn(-c2ccccc2C(C)C)c2c1CCCCN2. The summed E-state index contributed by atoms with van der Waals surface area (Å²) in [4.78, 5) is 0. The van der Waals surface area contributed by atoms with E-state index in [1.807, 2.05) is 0 Å². The van der Waals surface area contributed by atoms with Gasteiger partial charge in [0.05, 0.1) is 18.0 Å². The highest BCUT2D eigenvalue weighted by Gasteiger charge is 2.21. The Morgan fingerprint density at radius 1 is 1.27 bits per heavy atom. The molecule has 2 aromatic rings. The third-order valence-electron chi connectivity index (χ3n) is 4.28. The van der Waals surface area contributed by atoms with E-state index in [9.17, 15) is 0 Å². The molecular weight excluding hydrogens is 274 g/mol. The number of aromatic nitrogens is 2. The fraction of sp³-hybridized carbons (Fsp3) is 0.500. The maximum atomic E-state index is 5.36. The highest BCUT2D eigenvalue weighted by atomic mass is 16.5. The summed E-state index contributed by atoms with van der Waals surface area (Å²) in [6.45, 7) is 6.03. The van der Waals surface area contributed by atoms with Crippen molar-refractivity contribution in [3.63, 3.8) is 0 Å². The third kappa shape index (κ3) is 2.75. The van der Waals surface area contributed by atoms with Crippen molar-refractivity contribution in [1.82, 2.24) is 9.78 Å². The molecule has 1 aromatic carbocycles. The quantitative estimate of drug-likeness (QED) is 0.931.